The van der Waals surface area contributed by atoms with Crippen LogP contribution in [0.2, 0.25) is 0 Å². The normalized spacial score (nSPS) is 12.0. The third-order valence-electron chi connectivity index (χ3n) is 5.44. The largest absolute Gasteiger partial charge is 0.0654 e. The first-order chi connectivity index (χ1) is 11.2. The van der Waals surface area contributed by atoms with Gasteiger partial charge in [-0.1, -0.05) is 85.5 Å². The SMILES string of the molecule is CCCCCCC[P+](CCCCC)(CCCCC)CCCCC. The van der Waals surface area contributed by atoms with Gasteiger partial charge in [-0.25, -0.2) is 0 Å². The molecule has 0 amide bonds. The summed E-state index contributed by atoms with van der Waals surface area (Å²) < 4.78 is 0. The second-order valence-corrected chi connectivity index (χ2v) is 12.2. The highest BCUT2D eigenvalue weighted by Gasteiger charge is 2.34. The van der Waals surface area contributed by atoms with Gasteiger partial charge in [0, 0.05) is 7.26 Å². The number of hydrogen-bond acceptors (Lipinski definition) is 0. The van der Waals surface area contributed by atoms with Gasteiger partial charge in [0.05, 0.1) is 24.6 Å². The minimum atomic E-state index is -0.634. The number of rotatable bonds is 18. The molecule has 0 unspecified atom stereocenters. The van der Waals surface area contributed by atoms with Crippen LogP contribution in [0.5, 0.6) is 0 Å². The van der Waals surface area contributed by atoms with E-state index in [1.165, 1.54) is 89.9 Å². The highest BCUT2D eigenvalue weighted by molar-refractivity contribution is 7.75. The third-order valence-corrected chi connectivity index (χ3v) is 10.5. The first-order valence-corrected chi connectivity index (χ1v) is 13.6. The van der Waals surface area contributed by atoms with Crippen molar-refractivity contribution in [1.29, 1.82) is 0 Å². The highest BCUT2D eigenvalue weighted by atomic mass is 31.2. The molecule has 0 aromatic carbocycles. The van der Waals surface area contributed by atoms with Gasteiger partial charge in [0.2, 0.25) is 0 Å². The van der Waals surface area contributed by atoms with E-state index >= 15 is 0 Å². The van der Waals surface area contributed by atoms with Gasteiger partial charge in [-0.2, -0.15) is 0 Å². The lowest BCUT2D eigenvalue weighted by Crippen LogP contribution is -2.13. The van der Waals surface area contributed by atoms with E-state index in [2.05, 4.69) is 27.7 Å². The van der Waals surface area contributed by atoms with E-state index in [-0.39, 0.29) is 0 Å². The third kappa shape index (κ3) is 13.4. The Labute approximate surface area is 149 Å². The van der Waals surface area contributed by atoms with Crippen LogP contribution in [0.4, 0.5) is 0 Å². The zero-order valence-electron chi connectivity index (χ0n) is 17.2. The predicted octanol–water partition coefficient (Wildman–Crippen LogP) is 8.55. The molecule has 0 heterocycles. The molecule has 0 N–H and O–H groups in total. The van der Waals surface area contributed by atoms with E-state index < -0.39 is 7.26 Å². The molecule has 0 radical (unpaired) electrons. The molecule has 140 valence electrons. The van der Waals surface area contributed by atoms with E-state index in [0.717, 1.165) is 0 Å². The molecular formula is C22H48P+. The van der Waals surface area contributed by atoms with Gasteiger partial charge >= 0.3 is 0 Å². The summed E-state index contributed by atoms with van der Waals surface area (Å²) in [5, 5.41) is 0. The Balaban J connectivity index is 4.52. The van der Waals surface area contributed by atoms with Crippen molar-refractivity contribution in [2.24, 2.45) is 0 Å². The molecule has 0 saturated heterocycles. The Bertz CT molecular complexity index is 197. The van der Waals surface area contributed by atoms with E-state index in [0.29, 0.717) is 0 Å². The van der Waals surface area contributed by atoms with E-state index in [9.17, 15) is 0 Å². The molecule has 0 aromatic heterocycles. The van der Waals surface area contributed by atoms with Crippen LogP contribution in [-0.2, 0) is 0 Å². The lowest BCUT2D eigenvalue weighted by atomic mass is 10.2. The standard InChI is InChI=1S/C22H48P/c1-5-9-13-14-18-22-23(19-15-10-6-2,20-16-11-7-3)21-17-12-8-4/h5-22H2,1-4H3/q+1. The van der Waals surface area contributed by atoms with Crippen LogP contribution >= 0.6 is 7.26 Å². The van der Waals surface area contributed by atoms with Gasteiger partial charge in [0.15, 0.2) is 0 Å². The number of hydrogen-bond donors (Lipinski definition) is 0. The van der Waals surface area contributed by atoms with Crippen LogP contribution in [-0.4, -0.2) is 24.6 Å². The maximum atomic E-state index is 2.36. The van der Waals surface area contributed by atoms with Crippen molar-refractivity contribution in [3.05, 3.63) is 0 Å². The Morgan fingerprint density at radius 3 is 0.957 bits per heavy atom. The van der Waals surface area contributed by atoms with Crippen LogP contribution in [0.25, 0.3) is 0 Å². The first-order valence-electron chi connectivity index (χ1n) is 11.1. The second kappa shape index (κ2) is 17.3. The number of unbranched alkanes of at least 4 members (excludes halogenated alkanes) is 10. The van der Waals surface area contributed by atoms with E-state index in [1.54, 1.807) is 24.6 Å². The molecule has 0 aromatic rings. The van der Waals surface area contributed by atoms with Crippen LogP contribution in [0, 0.1) is 0 Å². The van der Waals surface area contributed by atoms with Crippen LogP contribution in [0.3, 0.4) is 0 Å². The Morgan fingerprint density at radius 1 is 0.348 bits per heavy atom. The van der Waals surface area contributed by atoms with Crippen molar-refractivity contribution < 1.29 is 0 Å². The Hall–Kier alpha value is 0.430. The summed E-state index contributed by atoms with van der Waals surface area (Å²) in [7, 11) is -0.634. The van der Waals surface area contributed by atoms with Crippen LogP contribution < -0.4 is 0 Å². The summed E-state index contributed by atoms with van der Waals surface area (Å²) in [4.78, 5) is 0. The molecule has 1 heteroatoms. The summed E-state index contributed by atoms with van der Waals surface area (Å²) >= 11 is 0. The minimum Gasteiger partial charge on any atom is -0.0654 e. The van der Waals surface area contributed by atoms with Crippen molar-refractivity contribution in [3.8, 4) is 0 Å². The van der Waals surface area contributed by atoms with E-state index in [4.69, 9.17) is 0 Å². The molecule has 0 nitrogen and oxygen atoms in total. The molecule has 0 aliphatic rings. The summed E-state index contributed by atoms with van der Waals surface area (Å²) in [6.45, 7) is 9.41. The smallest absolute Gasteiger partial charge is 0.0594 e. The molecule has 0 fully saturated rings. The Morgan fingerprint density at radius 2 is 0.609 bits per heavy atom. The van der Waals surface area contributed by atoms with Crippen molar-refractivity contribution in [1.82, 2.24) is 0 Å². The highest BCUT2D eigenvalue weighted by Crippen LogP contribution is 2.61. The lowest BCUT2D eigenvalue weighted by molar-refractivity contribution is 0.654. The van der Waals surface area contributed by atoms with Gasteiger partial charge in [-0.3, -0.25) is 0 Å². The second-order valence-electron chi connectivity index (χ2n) is 7.77. The van der Waals surface area contributed by atoms with Gasteiger partial charge in [0.25, 0.3) is 0 Å². The van der Waals surface area contributed by atoms with Gasteiger partial charge < -0.3 is 0 Å². The van der Waals surface area contributed by atoms with Gasteiger partial charge in [-0.15, -0.1) is 0 Å². The quantitative estimate of drug-likeness (QED) is 0.173. The maximum Gasteiger partial charge on any atom is 0.0594 e. The fourth-order valence-corrected chi connectivity index (χ4v) is 8.73. The van der Waals surface area contributed by atoms with E-state index in [1.807, 2.05) is 0 Å². The zero-order chi connectivity index (χ0) is 17.2. The average Bonchev–Trinajstić information content (AvgIpc) is 2.55. The zero-order valence-corrected chi connectivity index (χ0v) is 18.1. The summed E-state index contributed by atoms with van der Waals surface area (Å²) in [6, 6.07) is 0. The lowest BCUT2D eigenvalue weighted by Gasteiger charge is -2.28. The maximum absolute atomic E-state index is 2.36. The van der Waals surface area contributed by atoms with Crippen molar-refractivity contribution in [2.75, 3.05) is 24.6 Å². The molecule has 0 aliphatic heterocycles. The summed E-state index contributed by atoms with van der Waals surface area (Å²) in [5.74, 6) is 0. The van der Waals surface area contributed by atoms with Gasteiger partial charge in [0.1, 0.15) is 0 Å². The minimum absolute atomic E-state index is 0.634. The summed E-state index contributed by atoms with van der Waals surface area (Å²) in [6.07, 6.45) is 27.0. The molecular weight excluding hydrogens is 295 g/mol. The monoisotopic (exact) mass is 343 g/mol. The molecule has 0 spiro atoms. The van der Waals surface area contributed by atoms with Crippen molar-refractivity contribution in [3.63, 3.8) is 0 Å². The summed E-state index contributed by atoms with van der Waals surface area (Å²) in [5.41, 5.74) is 0. The van der Waals surface area contributed by atoms with Crippen molar-refractivity contribution >= 4 is 7.26 Å². The average molecular weight is 344 g/mol. The fourth-order valence-electron chi connectivity index (χ4n) is 3.81. The topological polar surface area (TPSA) is 0 Å². The molecule has 0 rings (SSSR count). The first kappa shape index (κ1) is 23.4. The predicted molar refractivity (Wildman–Crippen MR) is 114 cm³/mol. The molecule has 0 aliphatic carbocycles. The molecule has 0 saturated carbocycles. The molecule has 0 bridgehead atoms. The van der Waals surface area contributed by atoms with Crippen LogP contribution in [0.1, 0.15) is 118 Å². The molecule has 0 atom stereocenters. The fraction of sp³-hybridized carbons (Fsp3) is 1.00. The van der Waals surface area contributed by atoms with Crippen LogP contribution in [0.15, 0.2) is 0 Å². The molecule has 23 heavy (non-hydrogen) atoms. The van der Waals surface area contributed by atoms with Crippen molar-refractivity contribution in [2.45, 2.75) is 118 Å². The Kier molecular flexibility index (Phi) is 17.6. The van der Waals surface area contributed by atoms with Gasteiger partial charge in [-0.05, 0) is 32.1 Å².